The van der Waals surface area contributed by atoms with Gasteiger partial charge in [0.1, 0.15) is 0 Å². The second-order valence-corrected chi connectivity index (χ2v) is 9.20. The highest BCUT2D eigenvalue weighted by atomic mass is 16.5. The molecule has 0 aromatic heterocycles. The zero-order chi connectivity index (χ0) is 21.8. The first-order valence-electron chi connectivity index (χ1n) is 11.9. The molecular formula is C27H34N4O. The summed E-state index contributed by atoms with van der Waals surface area (Å²) in [6, 6.07) is 21.6. The summed E-state index contributed by atoms with van der Waals surface area (Å²) in [7, 11) is 2.21. The molecule has 2 fully saturated rings. The van der Waals surface area contributed by atoms with Crippen molar-refractivity contribution < 1.29 is 4.74 Å². The van der Waals surface area contributed by atoms with E-state index in [1.807, 2.05) is 0 Å². The Bertz CT molecular complexity index is 935. The van der Waals surface area contributed by atoms with Crippen LogP contribution in [0.3, 0.4) is 0 Å². The Balaban J connectivity index is 1.35. The van der Waals surface area contributed by atoms with Gasteiger partial charge in [-0.25, -0.2) is 0 Å². The maximum atomic E-state index is 6.09. The summed E-state index contributed by atoms with van der Waals surface area (Å²) in [6.07, 6.45) is 3.38. The molecule has 3 aliphatic rings. The highest BCUT2D eigenvalue weighted by Crippen LogP contribution is 2.40. The van der Waals surface area contributed by atoms with Crippen molar-refractivity contribution in [1.29, 1.82) is 0 Å². The Kier molecular flexibility index (Phi) is 6.67. The van der Waals surface area contributed by atoms with Crippen LogP contribution < -0.4 is 0 Å². The molecule has 0 bridgehead atoms. The van der Waals surface area contributed by atoms with Crippen LogP contribution in [0.15, 0.2) is 71.3 Å². The molecule has 168 valence electrons. The van der Waals surface area contributed by atoms with E-state index in [4.69, 9.17) is 9.84 Å². The summed E-state index contributed by atoms with van der Waals surface area (Å²) in [6.45, 7) is 8.19. The lowest BCUT2D eigenvalue weighted by Gasteiger charge is -2.33. The summed E-state index contributed by atoms with van der Waals surface area (Å²) < 4.78 is 6.09. The average molecular weight is 431 g/mol. The van der Waals surface area contributed by atoms with E-state index in [0.29, 0.717) is 6.61 Å². The molecule has 2 aromatic carbocycles. The van der Waals surface area contributed by atoms with Gasteiger partial charge in [-0.3, -0.25) is 5.01 Å². The van der Waals surface area contributed by atoms with Crippen molar-refractivity contribution in [2.24, 2.45) is 11.0 Å². The van der Waals surface area contributed by atoms with Crippen LogP contribution in [-0.2, 0) is 4.74 Å². The van der Waals surface area contributed by atoms with Crippen LogP contribution in [0.5, 0.6) is 0 Å². The fourth-order valence-corrected chi connectivity index (χ4v) is 5.11. The van der Waals surface area contributed by atoms with Gasteiger partial charge in [0.05, 0.1) is 30.9 Å². The monoisotopic (exact) mass is 430 g/mol. The number of piperazine rings is 1. The van der Waals surface area contributed by atoms with Crippen molar-refractivity contribution in [3.8, 4) is 0 Å². The zero-order valence-corrected chi connectivity index (χ0v) is 19.1. The third-order valence-corrected chi connectivity index (χ3v) is 6.91. The van der Waals surface area contributed by atoms with Gasteiger partial charge >= 0.3 is 0 Å². The van der Waals surface area contributed by atoms with E-state index in [-0.39, 0.29) is 12.0 Å². The Hall–Kier alpha value is -2.47. The molecule has 0 spiro atoms. The molecule has 0 amide bonds. The molecule has 3 aliphatic heterocycles. The van der Waals surface area contributed by atoms with Crippen LogP contribution in [0, 0.1) is 5.92 Å². The second-order valence-electron chi connectivity index (χ2n) is 9.20. The van der Waals surface area contributed by atoms with Gasteiger partial charge in [-0.05, 0) is 37.2 Å². The molecule has 3 heterocycles. The number of nitrogens with zero attached hydrogens (tertiary/aromatic N) is 4. The van der Waals surface area contributed by atoms with Crippen LogP contribution in [0.4, 0.5) is 0 Å². The summed E-state index contributed by atoms with van der Waals surface area (Å²) in [5.41, 5.74) is 4.98. The number of fused-ring (bicyclic) bond motifs is 1. The summed E-state index contributed by atoms with van der Waals surface area (Å²) in [5, 5.41) is 7.56. The SMILES string of the molecule is CN1CCN(CCCN2N=C3/C(=C/c4ccccc4)COCC3C2c2ccccc2)CC1. The van der Waals surface area contributed by atoms with Gasteiger partial charge in [-0.15, -0.1) is 0 Å². The minimum atomic E-state index is 0.248. The topological polar surface area (TPSA) is 31.3 Å². The molecule has 0 aliphatic carbocycles. The van der Waals surface area contributed by atoms with E-state index in [1.165, 1.54) is 48.6 Å². The van der Waals surface area contributed by atoms with Gasteiger partial charge in [-0.1, -0.05) is 60.7 Å². The molecule has 2 saturated heterocycles. The molecule has 2 aromatic rings. The molecule has 2 unspecified atom stereocenters. The number of ether oxygens (including phenoxy) is 1. The first-order valence-corrected chi connectivity index (χ1v) is 11.9. The standard InChI is InChI=1S/C27H34N4O/c1-29-15-17-30(18-16-29)13-8-14-31-27(23-11-6-3-7-12-23)25-21-32-20-24(26(25)28-31)19-22-9-4-2-5-10-22/h2-7,9-12,19,25,27H,8,13-18,20-21H2,1H3/b24-19+. The van der Waals surface area contributed by atoms with Crippen LogP contribution in [0.25, 0.3) is 6.08 Å². The van der Waals surface area contributed by atoms with E-state index in [9.17, 15) is 0 Å². The molecule has 5 heteroatoms. The lowest BCUT2D eigenvalue weighted by atomic mass is 9.85. The number of benzene rings is 2. The van der Waals surface area contributed by atoms with Crippen molar-refractivity contribution >= 4 is 11.8 Å². The van der Waals surface area contributed by atoms with Crippen LogP contribution in [-0.4, -0.2) is 80.1 Å². The third kappa shape index (κ3) is 4.80. The smallest absolute Gasteiger partial charge is 0.0826 e. The van der Waals surface area contributed by atoms with Crippen molar-refractivity contribution in [3.05, 3.63) is 77.4 Å². The van der Waals surface area contributed by atoms with E-state index in [1.54, 1.807) is 0 Å². The molecule has 0 saturated carbocycles. The fraction of sp³-hybridized carbons (Fsp3) is 0.444. The Morgan fingerprint density at radius 2 is 1.66 bits per heavy atom. The summed E-state index contributed by atoms with van der Waals surface area (Å²) >= 11 is 0. The summed E-state index contributed by atoms with van der Waals surface area (Å²) in [4.78, 5) is 5.01. The predicted octanol–water partition coefficient (Wildman–Crippen LogP) is 3.77. The molecule has 5 nitrogen and oxygen atoms in total. The number of rotatable bonds is 6. The van der Waals surface area contributed by atoms with E-state index in [0.717, 1.165) is 26.1 Å². The van der Waals surface area contributed by atoms with Crippen molar-refractivity contribution in [1.82, 2.24) is 14.8 Å². The van der Waals surface area contributed by atoms with Crippen molar-refractivity contribution in [2.75, 3.05) is 59.5 Å². The van der Waals surface area contributed by atoms with E-state index in [2.05, 4.69) is 88.6 Å². The van der Waals surface area contributed by atoms with Crippen LogP contribution in [0.2, 0.25) is 0 Å². The van der Waals surface area contributed by atoms with Crippen LogP contribution in [0.1, 0.15) is 23.6 Å². The maximum absolute atomic E-state index is 6.09. The molecule has 32 heavy (non-hydrogen) atoms. The van der Waals surface area contributed by atoms with Crippen LogP contribution >= 0.6 is 0 Å². The van der Waals surface area contributed by atoms with Gasteiger partial charge in [0.25, 0.3) is 0 Å². The maximum Gasteiger partial charge on any atom is 0.0826 e. The van der Waals surface area contributed by atoms with Gasteiger partial charge in [-0.2, -0.15) is 5.10 Å². The lowest BCUT2D eigenvalue weighted by Crippen LogP contribution is -2.45. The Morgan fingerprint density at radius 3 is 2.41 bits per heavy atom. The Morgan fingerprint density at radius 1 is 0.938 bits per heavy atom. The molecule has 0 N–H and O–H groups in total. The predicted molar refractivity (Wildman–Crippen MR) is 131 cm³/mol. The third-order valence-electron chi connectivity index (χ3n) is 6.91. The fourth-order valence-electron chi connectivity index (χ4n) is 5.11. The zero-order valence-electron chi connectivity index (χ0n) is 19.1. The lowest BCUT2D eigenvalue weighted by molar-refractivity contribution is 0.0913. The van der Waals surface area contributed by atoms with Gasteiger partial charge in [0, 0.05) is 38.3 Å². The highest BCUT2D eigenvalue weighted by molar-refractivity contribution is 6.07. The second kappa shape index (κ2) is 9.99. The first-order chi connectivity index (χ1) is 15.8. The number of hydrazone groups is 1. The largest absolute Gasteiger partial charge is 0.376 e. The van der Waals surface area contributed by atoms with Gasteiger partial charge < -0.3 is 14.5 Å². The molecule has 0 radical (unpaired) electrons. The first kappa shape index (κ1) is 21.4. The molecule has 2 atom stereocenters. The molecular weight excluding hydrogens is 396 g/mol. The number of hydrogen-bond acceptors (Lipinski definition) is 5. The van der Waals surface area contributed by atoms with Crippen molar-refractivity contribution in [2.45, 2.75) is 12.5 Å². The average Bonchev–Trinajstić information content (AvgIpc) is 3.21. The highest BCUT2D eigenvalue weighted by Gasteiger charge is 2.41. The van der Waals surface area contributed by atoms with E-state index < -0.39 is 0 Å². The van der Waals surface area contributed by atoms with E-state index >= 15 is 0 Å². The normalized spacial score (nSPS) is 25.7. The summed E-state index contributed by atoms with van der Waals surface area (Å²) in [5.74, 6) is 0.282. The number of hydrogen-bond donors (Lipinski definition) is 0. The minimum Gasteiger partial charge on any atom is -0.376 e. The van der Waals surface area contributed by atoms with Crippen molar-refractivity contribution in [3.63, 3.8) is 0 Å². The Labute approximate surface area is 192 Å². The minimum absolute atomic E-state index is 0.248. The quantitative estimate of drug-likeness (QED) is 0.698. The number of likely N-dealkylation sites (N-methyl/N-ethyl adjacent to an activating group) is 1. The van der Waals surface area contributed by atoms with Gasteiger partial charge in [0.2, 0.25) is 0 Å². The molecule has 5 rings (SSSR count). The van der Waals surface area contributed by atoms with Gasteiger partial charge in [0.15, 0.2) is 0 Å².